The molecule has 2 aliphatic carbocycles. The van der Waals surface area contributed by atoms with Crippen LogP contribution in [-0.4, -0.2) is 11.8 Å². The van der Waals surface area contributed by atoms with Gasteiger partial charge in [-0.1, -0.05) is 151 Å². The van der Waals surface area contributed by atoms with Crippen molar-refractivity contribution >= 4 is 82.9 Å². The van der Waals surface area contributed by atoms with Crippen LogP contribution in [0.5, 0.6) is 0 Å². The van der Waals surface area contributed by atoms with Crippen LogP contribution in [0.4, 0.5) is 11.4 Å². The Bertz CT molecular complexity index is 3610. The third-order valence-corrected chi connectivity index (χ3v) is 16.1. The second kappa shape index (κ2) is 12.2. The Morgan fingerprint density at radius 3 is 1.90 bits per heavy atom. The predicted molar refractivity (Wildman–Crippen MR) is 269 cm³/mol. The molecular weight excluding hydrogens is 768 g/mol. The first-order valence-corrected chi connectivity index (χ1v) is 23.0. The number of thiophene rings is 1. The van der Waals surface area contributed by atoms with Crippen LogP contribution in [0.3, 0.4) is 0 Å². The van der Waals surface area contributed by atoms with E-state index in [1.807, 2.05) is 11.3 Å². The van der Waals surface area contributed by atoms with Crippen molar-refractivity contribution in [3.8, 4) is 39.1 Å². The minimum Gasteiger partial charge on any atom is -0.355 e. The summed E-state index contributed by atoms with van der Waals surface area (Å²) < 4.78 is 5.34. The number of hydrogen-bond donors (Lipinski definition) is 1. The fraction of sp³-hybridized carbons (Fsp3) is 0.172. The molecule has 4 heteroatoms. The molecule has 3 aliphatic rings. The number of nitrogens with one attached hydrogen (secondary N) is 1. The van der Waals surface area contributed by atoms with Gasteiger partial charge in [0.2, 0.25) is 0 Å². The standard InChI is InChI=1S/C58H47BN2S/c1-56(2,3)32-20-22-33(23-21-32)60-49-29-46-39(34-14-8-11-17-44(34)57(46,4)5)26-41(49)37-24-25-38-42-27-40-35-15-9-12-18-45(35)58(6,7)47(40)30-50(42)61-51-31-53-43(28-48(51)59-54(37)55(38)61)36-16-10-13-19-52(36)62-53/h8-31,59-60H,1-7H3. The second-order valence-electron chi connectivity index (χ2n) is 20.2. The Balaban J connectivity index is 1.11. The topological polar surface area (TPSA) is 17.0 Å². The number of hydrogen-bond acceptors (Lipinski definition) is 2. The second-order valence-corrected chi connectivity index (χ2v) is 21.3. The number of fused-ring (bicyclic) bond motifs is 14. The van der Waals surface area contributed by atoms with Crippen molar-refractivity contribution < 1.29 is 0 Å². The highest BCUT2D eigenvalue weighted by molar-refractivity contribution is 7.25. The molecule has 0 spiro atoms. The molecule has 1 N–H and O–H groups in total. The fourth-order valence-corrected chi connectivity index (χ4v) is 12.8. The van der Waals surface area contributed by atoms with Gasteiger partial charge in [0.05, 0.1) is 5.52 Å². The molecule has 10 aromatic rings. The molecule has 0 saturated carbocycles. The highest BCUT2D eigenvalue weighted by atomic mass is 32.1. The Kier molecular flexibility index (Phi) is 7.13. The minimum absolute atomic E-state index is 0.0834. The molecule has 0 unspecified atom stereocenters. The predicted octanol–water partition coefficient (Wildman–Crippen LogP) is 14.2. The van der Waals surface area contributed by atoms with Crippen LogP contribution in [0.25, 0.3) is 81.0 Å². The third kappa shape index (κ3) is 4.82. The summed E-state index contributed by atoms with van der Waals surface area (Å²) in [6, 6.07) is 56.0. The average molecular weight is 815 g/mol. The molecule has 0 radical (unpaired) electrons. The van der Waals surface area contributed by atoms with Crippen molar-refractivity contribution in [2.24, 2.45) is 0 Å². The lowest BCUT2D eigenvalue weighted by molar-refractivity contribution is 0.590. The number of anilines is 2. The highest BCUT2D eigenvalue weighted by Gasteiger charge is 2.39. The van der Waals surface area contributed by atoms with E-state index in [1.165, 1.54) is 120 Å². The zero-order valence-corrected chi connectivity index (χ0v) is 37.2. The molecule has 0 amide bonds. The van der Waals surface area contributed by atoms with Gasteiger partial charge in [0.25, 0.3) is 0 Å². The number of nitrogens with zero attached hydrogens (tertiary/aromatic N) is 1. The summed E-state index contributed by atoms with van der Waals surface area (Å²) in [4.78, 5) is 0. The van der Waals surface area contributed by atoms with Crippen molar-refractivity contribution in [1.82, 2.24) is 4.57 Å². The van der Waals surface area contributed by atoms with Gasteiger partial charge in [-0.2, -0.15) is 0 Å². The van der Waals surface area contributed by atoms with Crippen molar-refractivity contribution in [1.29, 1.82) is 0 Å². The maximum absolute atomic E-state index is 4.01. The SMILES string of the molecule is CC(C)(C)c1ccc(Nc2cc3c(cc2-c2ccc4c5cc6c(cc5n5c4c2Bc2cc4c(cc2-5)sc2ccccc24)C(C)(C)c2ccccc2-6)-c2ccccc2C3(C)C)cc1. The molecule has 3 heterocycles. The van der Waals surface area contributed by atoms with Crippen LogP contribution in [0.2, 0.25) is 0 Å². The number of aromatic nitrogens is 1. The summed E-state index contributed by atoms with van der Waals surface area (Å²) in [5, 5.41) is 9.35. The van der Waals surface area contributed by atoms with Gasteiger partial charge in [0.1, 0.15) is 0 Å². The van der Waals surface area contributed by atoms with E-state index in [0.717, 1.165) is 18.7 Å². The maximum atomic E-state index is 4.01. The molecule has 2 aromatic heterocycles. The van der Waals surface area contributed by atoms with Gasteiger partial charge in [0.15, 0.2) is 7.28 Å². The molecule has 62 heavy (non-hydrogen) atoms. The van der Waals surface area contributed by atoms with E-state index in [0.29, 0.717) is 0 Å². The van der Waals surface area contributed by atoms with Crippen LogP contribution in [0.15, 0.2) is 146 Å². The summed E-state index contributed by atoms with van der Waals surface area (Å²) in [6.07, 6.45) is 0. The first kappa shape index (κ1) is 36.3. The average Bonchev–Trinajstić information content (AvgIpc) is 3.93. The molecular formula is C58H47BN2S. The van der Waals surface area contributed by atoms with Crippen LogP contribution >= 0.6 is 11.3 Å². The smallest absolute Gasteiger partial charge is 0.198 e. The van der Waals surface area contributed by atoms with E-state index in [4.69, 9.17) is 0 Å². The van der Waals surface area contributed by atoms with E-state index in [1.54, 1.807) is 0 Å². The van der Waals surface area contributed by atoms with Gasteiger partial charge in [-0.25, -0.2) is 0 Å². The van der Waals surface area contributed by atoms with E-state index in [2.05, 4.69) is 204 Å². The van der Waals surface area contributed by atoms with E-state index >= 15 is 0 Å². The monoisotopic (exact) mass is 814 g/mol. The lowest BCUT2D eigenvalue weighted by Gasteiger charge is -2.26. The molecule has 0 fully saturated rings. The highest BCUT2D eigenvalue weighted by Crippen LogP contribution is 2.54. The minimum atomic E-state index is -0.123. The number of rotatable bonds is 3. The number of benzene rings is 8. The Morgan fingerprint density at radius 1 is 0.516 bits per heavy atom. The van der Waals surface area contributed by atoms with Crippen molar-refractivity contribution in [3.05, 3.63) is 173 Å². The first-order valence-electron chi connectivity index (χ1n) is 22.2. The zero-order valence-electron chi connectivity index (χ0n) is 36.4. The lowest BCUT2D eigenvalue weighted by atomic mass is 9.59. The van der Waals surface area contributed by atoms with Crippen molar-refractivity contribution in [3.63, 3.8) is 0 Å². The van der Waals surface area contributed by atoms with Gasteiger partial charge in [-0.3, -0.25) is 0 Å². The van der Waals surface area contributed by atoms with Crippen molar-refractivity contribution in [2.75, 3.05) is 5.32 Å². The van der Waals surface area contributed by atoms with Crippen molar-refractivity contribution in [2.45, 2.75) is 64.7 Å². The van der Waals surface area contributed by atoms with Crippen LogP contribution in [0.1, 0.15) is 76.3 Å². The summed E-state index contributed by atoms with van der Waals surface area (Å²) in [7, 11) is 0.853. The molecule has 0 bridgehead atoms. The quantitative estimate of drug-likeness (QED) is 0.176. The van der Waals surface area contributed by atoms with Crippen LogP contribution < -0.4 is 16.2 Å². The summed E-state index contributed by atoms with van der Waals surface area (Å²) in [6.45, 7) is 16.4. The zero-order chi connectivity index (χ0) is 42.0. The molecule has 0 saturated heterocycles. The van der Waals surface area contributed by atoms with Gasteiger partial charge >= 0.3 is 0 Å². The van der Waals surface area contributed by atoms with E-state index < -0.39 is 0 Å². The van der Waals surface area contributed by atoms with Crippen LogP contribution in [-0.2, 0) is 16.2 Å². The first-order chi connectivity index (χ1) is 29.9. The molecule has 13 rings (SSSR count). The third-order valence-electron chi connectivity index (χ3n) is 15.0. The normalized spacial score (nSPS) is 15.1. The molecule has 8 aromatic carbocycles. The van der Waals surface area contributed by atoms with Gasteiger partial charge < -0.3 is 9.88 Å². The fourth-order valence-electron chi connectivity index (χ4n) is 11.7. The van der Waals surface area contributed by atoms with Gasteiger partial charge in [0, 0.05) is 64.5 Å². The summed E-state index contributed by atoms with van der Waals surface area (Å²) in [5.41, 5.74) is 23.7. The Morgan fingerprint density at radius 2 is 1.18 bits per heavy atom. The Hall–Kier alpha value is -6.36. The van der Waals surface area contributed by atoms with Gasteiger partial charge in [-0.15, -0.1) is 11.3 Å². The molecule has 298 valence electrons. The summed E-state index contributed by atoms with van der Waals surface area (Å²) >= 11 is 1.91. The van der Waals surface area contributed by atoms with Gasteiger partial charge in [-0.05, 0) is 120 Å². The molecule has 2 nitrogen and oxygen atoms in total. The molecule has 0 atom stereocenters. The van der Waals surface area contributed by atoms with E-state index in [-0.39, 0.29) is 16.2 Å². The van der Waals surface area contributed by atoms with Crippen LogP contribution in [0, 0.1) is 0 Å². The lowest BCUT2D eigenvalue weighted by Crippen LogP contribution is -2.37. The molecule has 1 aliphatic heterocycles. The van der Waals surface area contributed by atoms with E-state index in [9.17, 15) is 0 Å². The largest absolute Gasteiger partial charge is 0.355 e. The Labute approximate surface area is 368 Å². The summed E-state index contributed by atoms with van der Waals surface area (Å²) in [5.74, 6) is 0. The maximum Gasteiger partial charge on any atom is 0.198 e.